The lowest BCUT2D eigenvalue weighted by Crippen LogP contribution is -2.43. The van der Waals surface area contributed by atoms with Crippen molar-refractivity contribution in [3.63, 3.8) is 0 Å². The first kappa shape index (κ1) is 19.5. The zero-order valence-electron chi connectivity index (χ0n) is 15.9. The van der Waals surface area contributed by atoms with E-state index in [4.69, 9.17) is 4.74 Å². The number of thiophene rings is 1. The summed E-state index contributed by atoms with van der Waals surface area (Å²) in [6, 6.07) is 13.6. The van der Waals surface area contributed by atoms with Crippen molar-refractivity contribution in [3.8, 4) is 17.1 Å². The number of halogens is 1. The van der Waals surface area contributed by atoms with Crippen LogP contribution in [0.1, 0.15) is 30.6 Å². The molecule has 0 unspecified atom stereocenters. The highest BCUT2D eigenvalue weighted by atomic mass is 32.1. The molecule has 0 saturated heterocycles. The highest BCUT2D eigenvalue weighted by Gasteiger charge is 2.43. The third-order valence-corrected chi connectivity index (χ3v) is 6.38. The predicted octanol–water partition coefficient (Wildman–Crippen LogP) is 4.35. The van der Waals surface area contributed by atoms with Crippen molar-refractivity contribution in [2.24, 2.45) is 0 Å². The SMILES string of the molecule is O=C(NCCOc1ccc(-c2ccc(F)cc2)nn1)C1(c2cccs2)CCCC1. The lowest BCUT2D eigenvalue weighted by Gasteiger charge is -2.26. The summed E-state index contributed by atoms with van der Waals surface area (Å²) in [7, 11) is 0. The molecule has 1 saturated carbocycles. The second kappa shape index (κ2) is 8.69. The Labute approximate surface area is 172 Å². The molecule has 0 atom stereocenters. The van der Waals surface area contributed by atoms with Crippen LogP contribution in [0, 0.1) is 5.82 Å². The lowest BCUT2D eigenvalue weighted by molar-refractivity contribution is -0.126. The van der Waals surface area contributed by atoms with E-state index in [0.29, 0.717) is 24.7 Å². The molecule has 0 aliphatic heterocycles. The fourth-order valence-corrected chi connectivity index (χ4v) is 4.76. The second-order valence-electron chi connectivity index (χ2n) is 7.13. The molecule has 1 fully saturated rings. The molecular weight excluding hydrogens is 389 g/mol. The quantitative estimate of drug-likeness (QED) is 0.587. The fraction of sp³-hybridized carbons (Fsp3) is 0.318. The van der Waals surface area contributed by atoms with E-state index in [0.717, 1.165) is 36.1 Å². The summed E-state index contributed by atoms with van der Waals surface area (Å²) in [4.78, 5) is 14.0. The Hall–Kier alpha value is -2.80. The molecule has 2 aromatic heterocycles. The lowest BCUT2D eigenvalue weighted by atomic mass is 9.83. The monoisotopic (exact) mass is 411 g/mol. The molecule has 0 bridgehead atoms. The molecule has 1 aliphatic carbocycles. The third-order valence-electron chi connectivity index (χ3n) is 5.30. The number of nitrogens with one attached hydrogen (secondary N) is 1. The molecule has 4 rings (SSSR count). The molecule has 3 aromatic rings. The Balaban J connectivity index is 1.29. The number of ether oxygens (including phenoxy) is 1. The van der Waals surface area contributed by atoms with Crippen LogP contribution in [0.4, 0.5) is 4.39 Å². The number of nitrogens with zero attached hydrogens (tertiary/aromatic N) is 2. The van der Waals surface area contributed by atoms with Gasteiger partial charge in [0, 0.05) is 16.5 Å². The molecular formula is C22H22FN3O2S. The molecule has 5 nitrogen and oxygen atoms in total. The van der Waals surface area contributed by atoms with Crippen LogP contribution in [-0.2, 0) is 10.2 Å². The van der Waals surface area contributed by atoms with Gasteiger partial charge >= 0.3 is 0 Å². The van der Waals surface area contributed by atoms with Crippen LogP contribution in [0.25, 0.3) is 11.3 Å². The molecule has 2 heterocycles. The first-order chi connectivity index (χ1) is 14.2. The molecule has 7 heteroatoms. The van der Waals surface area contributed by atoms with Crippen molar-refractivity contribution in [3.05, 3.63) is 64.6 Å². The van der Waals surface area contributed by atoms with Crippen molar-refractivity contribution >= 4 is 17.2 Å². The van der Waals surface area contributed by atoms with Gasteiger partial charge in [0.2, 0.25) is 11.8 Å². The zero-order valence-corrected chi connectivity index (χ0v) is 16.8. The van der Waals surface area contributed by atoms with Crippen molar-refractivity contribution in [1.82, 2.24) is 15.5 Å². The van der Waals surface area contributed by atoms with Crippen LogP contribution in [0.3, 0.4) is 0 Å². The van der Waals surface area contributed by atoms with Crippen LogP contribution < -0.4 is 10.1 Å². The van der Waals surface area contributed by atoms with Gasteiger partial charge in [-0.2, -0.15) is 0 Å². The zero-order chi connectivity index (χ0) is 20.1. The maximum atomic E-state index is 13.0. The van der Waals surface area contributed by atoms with Crippen LogP contribution in [0.15, 0.2) is 53.9 Å². The smallest absolute Gasteiger partial charge is 0.233 e. The Morgan fingerprint density at radius 1 is 1.10 bits per heavy atom. The second-order valence-corrected chi connectivity index (χ2v) is 8.08. The van der Waals surface area contributed by atoms with Gasteiger partial charge < -0.3 is 10.1 Å². The Bertz CT molecular complexity index is 937. The number of benzene rings is 1. The Morgan fingerprint density at radius 2 is 1.90 bits per heavy atom. The minimum absolute atomic E-state index is 0.0822. The molecule has 1 aromatic carbocycles. The normalized spacial score (nSPS) is 15.2. The number of rotatable bonds is 7. The molecule has 1 N–H and O–H groups in total. The summed E-state index contributed by atoms with van der Waals surface area (Å²) in [5.74, 6) is 0.180. The van der Waals surface area contributed by atoms with Crippen molar-refractivity contribution < 1.29 is 13.9 Å². The molecule has 29 heavy (non-hydrogen) atoms. The van der Waals surface area contributed by atoms with Gasteiger partial charge in [-0.05, 0) is 54.6 Å². The topological polar surface area (TPSA) is 64.1 Å². The summed E-state index contributed by atoms with van der Waals surface area (Å²) in [6.07, 6.45) is 3.96. The molecule has 1 aliphatic rings. The minimum atomic E-state index is -0.384. The van der Waals surface area contributed by atoms with Gasteiger partial charge in [0.25, 0.3) is 0 Å². The summed E-state index contributed by atoms with van der Waals surface area (Å²) < 4.78 is 18.6. The highest BCUT2D eigenvalue weighted by Crippen LogP contribution is 2.43. The standard InChI is InChI=1S/C22H22FN3O2S/c23-17-7-5-16(6-8-17)18-9-10-20(26-25-18)28-14-13-24-21(27)22(11-1-2-12-22)19-4-3-15-29-19/h3-10,15H,1-2,11-14H2,(H,24,27). The van der Waals surface area contributed by atoms with Gasteiger partial charge in [-0.15, -0.1) is 21.5 Å². The van der Waals surface area contributed by atoms with Gasteiger partial charge in [-0.1, -0.05) is 18.9 Å². The third kappa shape index (κ3) is 4.29. The maximum Gasteiger partial charge on any atom is 0.233 e. The highest BCUT2D eigenvalue weighted by molar-refractivity contribution is 7.10. The number of amides is 1. The number of hydrogen-bond donors (Lipinski definition) is 1. The van der Waals surface area contributed by atoms with Crippen molar-refractivity contribution in [1.29, 1.82) is 0 Å². The van der Waals surface area contributed by atoms with E-state index in [1.165, 1.54) is 12.1 Å². The molecule has 0 spiro atoms. The largest absolute Gasteiger partial charge is 0.475 e. The number of hydrogen-bond acceptors (Lipinski definition) is 5. The van der Waals surface area contributed by atoms with E-state index in [-0.39, 0.29) is 17.1 Å². The van der Waals surface area contributed by atoms with Crippen molar-refractivity contribution in [2.45, 2.75) is 31.1 Å². The van der Waals surface area contributed by atoms with E-state index >= 15 is 0 Å². The van der Waals surface area contributed by atoms with E-state index in [1.54, 1.807) is 35.6 Å². The predicted molar refractivity (Wildman–Crippen MR) is 110 cm³/mol. The average Bonchev–Trinajstić information content (AvgIpc) is 3.45. The van der Waals surface area contributed by atoms with Gasteiger partial charge in [0.15, 0.2) is 0 Å². The maximum absolute atomic E-state index is 13.0. The average molecular weight is 412 g/mol. The van der Waals surface area contributed by atoms with Crippen molar-refractivity contribution in [2.75, 3.05) is 13.2 Å². The first-order valence-electron chi connectivity index (χ1n) is 9.72. The first-order valence-corrected chi connectivity index (χ1v) is 10.6. The van der Waals surface area contributed by atoms with Crippen LogP contribution in [-0.4, -0.2) is 29.3 Å². The van der Waals surface area contributed by atoms with E-state index in [2.05, 4.69) is 21.6 Å². The minimum Gasteiger partial charge on any atom is -0.475 e. The van der Waals surface area contributed by atoms with Gasteiger partial charge in [-0.3, -0.25) is 4.79 Å². The van der Waals surface area contributed by atoms with Crippen LogP contribution >= 0.6 is 11.3 Å². The van der Waals surface area contributed by atoms with E-state index < -0.39 is 0 Å². The van der Waals surface area contributed by atoms with Crippen LogP contribution in [0.5, 0.6) is 5.88 Å². The summed E-state index contributed by atoms with van der Waals surface area (Å²) >= 11 is 1.65. The summed E-state index contributed by atoms with van der Waals surface area (Å²) in [5.41, 5.74) is 1.04. The summed E-state index contributed by atoms with van der Waals surface area (Å²) in [6.45, 7) is 0.726. The molecule has 1 amide bonds. The van der Waals surface area contributed by atoms with Crippen LogP contribution in [0.2, 0.25) is 0 Å². The fourth-order valence-electron chi connectivity index (χ4n) is 3.78. The van der Waals surface area contributed by atoms with Gasteiger partial charge in [-0.25, -0.2) is 4.39 Å². The number of carbonyl (C=O) groups excluding carboxylic acids is 1. The molecule has 0 radical (unpaired) electrons. The van der Waals surface area contributed by atoms with Gasteiger partial charge in [0.1, 0.15) is 12.4 Å². The number of carbonyl (C=O) groups is 1. The Morgan fingerprint density at radius 3 is 2.55 bits per heavy atom. The van der Waals surface area contributed by atoms with E-state index in [1.807, 2.05) is 11.4 Å². The Kier molecular flexibility index (Phi) is 5.85. The molecule has 150 valence electrons. The summed E-state index contributed by atoms with van der Waals surface area (Å²) in [5, 5.41) is 13.2. The van der Waals surface area contributed by atoms with Gasteiger partial charge in [0.05, 0.1) is 17.7 Å². The van der Waals surface area contributed by atoms with E-state index in [9.17, 15) is 9.18 Å². The number of aromatic nitrogens is 2.